The zero-order valence-corrected chi connectivity index (χ0v) is 10.8. The minimum absolute atomic E-state index is 0. The van der Waals surface area contributed by atoms with Crippen LogP contribution in [0.4, 0.5) is 0 Å². The van der Waals surface area contributed by atoms with Crippen LogP contribution in [-0.4, -0.2) is 21.9 Å². The Balaban J connectivity index is 0.000000324. The van der Waals surface area contributed by atoms with Crippen molar-refractivity contribution in [3.63, 3.8) is 0 Å². The van der Waals surface area contributed by atoms with E-state index in [2.05, 4.69) is 9.97 Å². The van der Waals surface area contributed by atoms with E-state index in [9.17, 15) is 19.8 Å². The molecular weight excluding hydrogens is 288 g/mol. The summed E-state index contributed by atoms with van der Waals surface area (Å²) in [6, 6.07) is 5.96. The first kappa shape index (κ1) is 16.8. The second-order valence-corrected chi connectivity index (χ2v) is 3.06. The van der Waals surface area contributed by atoms with Gasteiger partial charge in [0.1, 0.15) is 0 Å². The van der Waals surface area contributed by atoms with E-state index in [1.807, 2.05) is 0 Å². The first-order chi connectivity index (χ1) is 8.61. The van der Waals surface area contributed by atoms with E-state index >= 15 is 0 Å². The van der Waals surface area contributed by atoms with E-state index in [1.165, 1.54) is 36.9 Å². The van der Waals surface area contributed by atoms with Gasteiger partial charge in [-0.3, -0.25) is 9.97 Å². The van der Waals surface area contributed by atoms with Crippen LogP contribution in [0.15, 0.2) is 49.1 Å². The third-order valence-corrected chi connectivity index (χ3v) is 1.79. The molecule has 95 valence electrons. The molecule has 19 heavy (non-hydrogen) atoms. The van der Waals surface area contributed by atoms with Crippen LogP contribution in [-0.2, 0) is 17.4 Å². The van der Waals surface area contributed by atoms with Crippen molar-refractivity contribution < 1.29 is 37.2 Å². The minimum atomic E-state index is -1.19. The first-order valence-corrected chi connectivity index (χ1v) is 4.84. The van der Waals surface area contributed by atoms with Crippen molar-refractivity contribution in [2.45, 2.75) is 0 Å². The Bertz CT molecular complexity index is 470. The van der Waals surface area contributed by atoms with Crippen LogP contribution in [0.1, 0.15) is 20.7 Å². The Hall–Kier alpha value is -2.23. The number of aromatic carboxylic acids is 2. The van der Waals surface area contributed by atoms with Crippen LogP contribution in [0.2, 0.25) is 0 Å². The van der Waals surface area contributed by atoms with Crippen LogP contribution in [0.25, 0.3) is 0 Å². The van der Waals surface area contributed by atoms with Gasteiger partial charge in [0, 0.05) is 35.9 Å². The molecule has 0 aliphatic carbocycles. The molecule has 2 aromatic rings. The van der Waals surface area contributed by atoms with Crippen LogP contribution >= 0.6 is 0 Å². The minimum Gasteiger partial charge on any atom is -0.545 e. The molecule has 0 atom stereocenters. The molecule has 0 amide bonds. The summed E-state index contributed by atoms with van der Waals surface area (Å²) >= 11 is 0. The maximum absolute atomic E-state index is 10.0. The number of carboxylic acid groups (broad SMARTS) is 2. The van der Waals surface area contributed by atoms with E-state index in [4.69, 9.17) is 0 Å². The smallest absolute Gasteiger partial charge is 0.545 e. The van der Waals surface area contributed by atoms with E-state index in [0.717, 1.165) is 0 Å². The number of aromatic nitrogens is 2. The monoisotopic (exact) mass is 296 g/mol. The Morgan fingerprint density at radius 2 is 1.21 bits per heavy atom. The van der Waals surface area contributed by atoms with Crippen molar-refractivity contribution in [2.75, 3.05) is 0 Å². The Morgan fingerprint density at radius 3 is 1.37 bits per heavy atom. The average molecular weight is 296 g/mol. The van der Waals surface area contributed by atoms with Gasteiger partial charge < -0.3 is 19.8 Å². The number of carbonyl (C=O) groups excluding carboxylic acids is 2. The number of rotatable bonds is 2. The molecule has 2 aromatic heterocycles. The summed E-state index contributed by atoms with van der Waals surface area (Å²) in [5.41, 5.74) is 0.218. The molecular formula is C12H8CrN2O4+. The maximum atomic E-state index is 10.0. The van der Waals surface area contributed by atoms with Crippen molar-refractivity contribution in [3.8, 4) is 0 Å². The van der Waals surface area contributed by atoms with Crippen molar-refractivity contribution >= 4 is 11.9 Å². The van der Waals surface area contributed by atoms with Crippen molar-refractivity contribution in [1.82, 2.24) is 9.97 Å². The second kappa shape index (κ2) is 8.80. The molecule has 0 fully saturated rings. The zero-order valence-electron chi connectivity index (χ0n) is 9.55. The third kappa shape index (κ3) is 6.31. The number of hydrogen-bond acceptors (Lipinski definition) is 6. The van der Waals surface area contributed by atoms with Crippen LogP contribution in [0.3, 0.4) is 0 Å². The predicted octanol–water partition coefficient (Wildman–Crippen LogP) is -1.11. The van der Waals surface area contributed by atoms with Gasteiger partial charge in [0.25, 0.3) is 0 Å². The Morgan fingerprint density at radius 1 is 0.842 bits per heavy atom. The maximum Gasteiger partial charge on any atom is 3.00 e. The molecule has 6 nitrogen and oxygen atoms in total. The van der Waals surface area contributed by atoms with E-state index in [-0.39, 0.29) is 28.5 Å². The number of hydrogen-bond donors (Lipinski definition) is 0. The topological polar surface area (TPSA) is 106 Å². The summed E-state index contributed by atoms with van der Waals surface area (Å²) < 4.78 is 0. The molecule has 0 aromatic carbocycles. The summed E-state index contributed by atoms with van der Waals surface area (Å²) in [7, 11) is 0. The van der Waals surface area contributed by atoms with Crippen LogP contribution < -0.4 is 10.2 Å². The quantitative estimate of drug-likeness (QED) is 0.695. The molecule has 7 heteroatoms. The molecule has 0 unspecified atom stereocenters. The van der Waals surface area contributed by atoms with Gasteiger partial charge in [-0.15, -0.1) is 0 Å². The molecule has 0 bridgehead atoms. The normalized spacial score (nSPS) is 8.42. The van der Waals surface area contributed by atoms with Gasteiger partial charge in [-0.2, -0.15) is 0 Å². The molecule has 0 spiro atoms. The molecule has 0 saturated carbocycles. The van der Waals surface area contributed by atoms with Crippen molar-refractivity contribution in [3.05, 3.63) is 60.2 Å². The number of nitrogens with zero attached hydrogens (tertiary/aromatic N) is 2. The molecule has 0 aliphatic rings. The summed E-state index contributed by atoms with van der Waals surface area (Å²) in [5, 5.41) is 20.1. The number of carbonyl (C=O) groups is 2. The molecule has 0 saturated heterocycles. The Labute approximate surface area is 119 Å². The fraction of sp³-hybridized carbons (Fsp3) is 0. The summed E-state index contributed by atoms with van der Waals surface area (Å²) in [4.78, 5) is 27.3. The van der Waals surface area contributed by atoms with Gasteiger partial charge in [-0.05, 0) is 12.1 Å². The second-order valence-electron chi connectivity index (χ2n) is 3.06. The van der Waals surface area contributed by atoms with E-state index < -0.39 is 11.9 Å². The zero-order chi connectivity index (χ0) is 13.4. The van der Waals surface area contributed by atoms with Gasteiger partial charge >= 0.3 is 17.4 Å². The van der Waals surface area contributed by atoms with E-state index in [0.29, 0.717) is 0 Å². The third-order valence-electron chi connectivity index (χ3n) is 1.79. The first-order valence-electron chi connectivity index (χ1n) is 4.84. The largest absolute Gasteiger partial charge is 3.00 e. The van der Waals surface area contributed by atoms with Gasteiger partial charge in [-0.1, -0.05) is 12.1 Å². The predicted molar refractivity (Wildman–Crippen MR) is 57.1 cm³/mol. The molecule has 2 heterocycles. The molecule has 1 radical (unpaired) electrons. The molecule has 0 aliphatic heterocycles. The van der Waals surface area contributed by atoms with Gasteiger partial charge in [0.05, 0.1) is 11.9 Å². The van der Waals surface area contributed by atoms with E-state index in [1.54, 1.807) is 12.1 Å². The van der Waals surface area contributed by atoms with Gasteiger partial charge in [-0.25, -0.2) is 0 Å². The number of carboxylic acids is 2. The summed E-state index contributed by atoms with van der Waals surface area (Å²) in [6.45, 7) is 0. The average Bonchev–Trinajstić information content (AvgIpc) is 2.41. The van der Waals surface area contributed by atoms with Crippen molar-refractivity contribution in [2.24, 2.45) is 0 Å². The van der Waals surface area contributed by atoms with Crippen molar-refractivity contribution in [1.29, 1.82) is 0 Å². The standard InChI is InChI=1S/2C6H5NO2.Cr/c2*8-6(9)5-2-1-3-7-4-5;/h2*1-4H,(H,8,9);/q;;+3/p-2. The fourth-order valence-corrected chi connectivity index (χ4v) is 0.967. The van der Waals surface area contributed by atoms with Crippen LogP contribution in [0.5, 0.6) is 0 Å². The summed E-state index contributed by atoms with van der Waals surface area (Å²) in [5.74, 6) is -2.38. The number of pyridine rings is 2. The van der Waals surface area contributed by atoms with Crippen LogP contribution in [0, 0.1) is 0 Å². The molecule has 2 rings (SSSR count). The summed E-state index contributed by atoms with van der Waals surface area (Å²) in [6.07, 6.45) is 5.50. The SMILES string of the molecule is O=C([O-])c1cccnc1.O=C([O-])c1cccnc1.[Cr+3]. The van der Waals surface area contributed by atoms with Gasteiger partial charge in [0.2, 0.25) is 0 Å². The Kier molecular flexibility index (Phi) is 7.77. The van der Waals surface area contributed by atoms with Gasteiger partial charge in [0.15, 0.2) is 0 Å². The molecule has 0 N–H and O–H groups in total. The fourth-order valence-electron chi connectivity index (χ4n) is 0.967.